The maximum Gasteiger partial charge on any atom is 0.228 e. The minimum absolute atomic E-state index is 0.00605. The van der Waals surface area contributed by atoms with Crippen LogP contribution in [-0.4, -0.2) is 32.0 Å². The van der Waals surface area contributed by atoms with Crippen LogP contribution in [0.1, 0.15) is 20.3 Å². The van der Waals surface area contributed by atoms with Gasteiger partial charge in [0, 0.05) is 37.8 Å². The molecule has 0 N–H and O–H groups in total. The quantitative estimate of drug-likeness (QED) is 0.775. The third-order valence-electron chi connectivity index (χ3n) is 4.00. The standard InChI is InChI=1S/C20H24N2O3/c1-4-21(17-8-6-5-7-9-17)20(24)14-15-22(16(2)23)18-10-12-19(25-3)13-11-18/h5-13H,4,14-15H2,1-3H3. The van der Waals surface area contributed by atoms with Crippen molar-refractivity contribution in [3.8, 4) is 5.75 Å². The molecular weight excluding hydrogens is 316 g/mol. The van der Waals surface area contributed by atoms with Gasteiger partial charge >= 0.3 is 0 Å². The first-order valence-corrected chi connectivity index (χ1v) is 8.34. The van der Waals surface area contributed by atoms with Crippen molar-refractivity contribution in [2.24, 2.45) is 0 Å². The number of nitrogens with zero attached hydrogens (tertiary/aromatic N) is 2. The van der Waals surface area contributed by atoms with Gasteiger partial charge in [0.1, 0.15) is 5.75 Å². The van der Waals surface area contributed by atoms with Crippen molar-refractivity contribution in [2.45, 2.75) is 20.3 Å². The van der Waals surface area contributed by atoms with Crippen LogP contribution in [0.15, 0.2) is 54.6 Å². The van der Waals surface area contributed by atoms with Crippen LogP contribution < -0.4 is 14.5 Å². The molecule has 0 aromatic heterocycles. The van der Waals surface area contributed by atoms with Crippen LogP contribution in [0.2, 0.25) is 0 Å². The summed E-state index contributed by atoms with van der Waals surface area (Å²) in [6.45, 7) is 4.37. The van der Waals surface area contributed by atoms with E-state index in [-0.39, 0.29) is 18.2 Å². The summed E-state index contributed by atoms with van der Waals surface area (Å²) < 4.78 is 5.14. The lowest BCUT2D eigenvalue weighted by atomic mass is 10.2. The third kappa shape index (κ3) is 4.83. The van der Waals surface area contributed by atoms with Gasteiger partial charge in [-0.05, 0) is 43.3 Å². The lowest BCUT2D eigenvalue weighted by molar-refractivity contribution is -0.118. The fourth-order valence-corrected chi connectivity index (χ4v) is 2.68. The van der Waals surface area contributed by atoms with Gasteiger partial charge < -0.3 is 14.5 Å². The summed E-state index contributed by atoms with van der Waals surface area (Å²) in [6.07, 6.45) is 0.258. The molecule has 0 spiro atoms. The number of methoxy groups -OCH3 is 1. The molecule has 2 aromatic rings. The number of anilines is 2. The first kappa shape index (κ1) is 18.5. The first-order valence-electron chi connectivity index (χ1n) is 8.34. The van der Waals surface area contributed by atoms with Crippen LogP contribution in [0, 0.1) is 0 Å². The highest BCUT2D eigenvalue weighted by Crippen LogP contribution is 2.20. The Morgan fingerprint density at radius 1 is 0.920 bits per heavy atom. The minimum Gasteiger partial charge on any atom is -0.497 e. The zero-order valence-corrected chi connectivity index (χ0v) is 14.9. The number of carbonyl (C=O) groups excluding carboxylic acids is 2. The number of hydrogen-bond acceptors (Lipinski definition) is 3. The number of amides is 2. The van der Waals surface area contributed by atoms with Crippen molar-refractivity contribution in [3.05, 3.63) is 54.6 Å². The second-order valence-electron chi connectivity index (χ2n) is 5.59. The van der Waals surface area contributed by atoms with E-state index in [9.17, 15) is 9.59 Å². The van der Waals surface area contributed by atoms with E-state index in [1.54, 1.807) is 29.0 Å². The van der Waals surface area contributed by atoms with E-state index in [0.717, 1.165) is 17.1 Å². The zero-order chi connectivity index (χ0) is 18.2. The number of hydrogen-bond donors (Lipinski definition) is 0. The molecule has 0 saturated carbocycles. The van der Waals surface area contributed by atoms with Gasteiger partial charge in [0.05, 0.1) is 7.11 Å². The van der Waals surface area contributed by atoms with Gasteiger partial charge in [-0.3, -0.25) is 9.59 Å². The fraction of sp³-hybridized carbons (Fsp3) is 0.300. The Balaban J connectivity index is 2.07. The minimum atomic E-state index is -0.0965. The molecule has 0 saturated heterocycles. The Bertz CT molecular complexity index is 699. The van der Waals surface area contributed by atoms with Gasteiger partial charge in [0.25, 0.3) is 0 Å². The second kappa shape index (κ2) is 8.87. The van der Waals surface area contributed by atoms with Crippen molar-refractivity contribution in [3.63, 3.8) is 0 Å². The number of para-hydroxylation sites is 1. The molecule has 5 heteroatoms. The smallest absolute Gasteiger partial charge is 0.228 e. The predicted molar refractivity (Wildman–Crippen MR) is 100 cm³/mol. The Kier molecular flexibility index (Phi) is 6.57. The Morgan fingerprint density at radius 3 is 2.04 bits per heavy atom. The van der Waals surface area contributed by atoms with Crippen LogP contribution in [0.5, 0.6) is 5.75 Å². The van der Waals surface area contributed by atoms with E-state index in [0.29, 0.717) is 13.1 Å². The first-order chi connectivity index (χ1) is 12.1. The number of carbonyl (C=O) groups is 2. The van der Waals surface area contributed by atoms with Crippen molar-refractivity contribution >= 4 is 23.2 Å². The molecule has 0 bridgehead atoms. The molecule has 0 radical (unpaired) electrons. The van der Waals surface area contributed by atoms with Crippen molar-refractivity contribution in [2.75, 3.05) is 30.0 Å². The maximum atomic E-state index is 12.6. The van der Waals surface area contributed by atoms with E-state index < -0.39 is 0 Å². The van der Waals surface area contributed by atoms with E-state index in [1.165, 1.54) is 6.92 Å². The number of benzene rings is 2. The number of ether oxygens (including phenoxy) is 1. The molecular formula is C20H24N2O3. The second-order valence-corrected chi connectivity index (χ2v) is 5.59. The number of rotatable bonds is 7. The molecule has 2 aromatic carbocycles. The predicted octanol–water partition coefficient (Wildman–Crippen LogP) is 3.49. The topological polar surface area (TPSA) is 49.9 Å². The van der Waals surface area contributed by atoms with Crippen molar-refractivity contribution in [1.29, 1.82) is 0 Å². The molecule has 0 aliphatic heterocycles. The van der Waals surface area contributed by atoms with Gasteiger partial charge in [-0.1, -0.05) is 18.2 Å². The molecule has 2 rings (SSSR count). The average molecular weight is 340 g/mol. The van der Waals surface area contributed by atoms with E-state index in [2.05, 4.69) is 0 Å². The zero-order valence-electron chi connectivity index (χ0n) is 14.9. The molecule has 0 aliphatic rings. The molecule has 25 heavy (non-hydrogen) atoms. The molecule has 2 amide bonds. The lowest BCUT2D eigenvalue weighted by Gasteiger charge is -2.25. The van der Waals surface area contributed by atoms with Gasteiger partial charge in [-0.2, -0.15) is 0 Å². The average Bonchev–Trinajstić information content (AvgIpc) is 2.63. The summed E-state index contributed by atoms with van der Waals surface area (Å²) in [4.78, 5) is 27.9. The summed E-state index contributed by atoms with van der Waals surface area (Å²) in [7, 11) is 1.60. The van der Waals surface area contributed by atoms with Crippen molar-refractivity contribution < 1.29 is 14.3 Å². The summed E-state index contributed by atoms with van der Waals surface area (Å²) in [5, 5.41) is 0. The summed E-state index contributed by atoms with van der Waals surface area (Å²) >= 11 is 0. The highest BCUT2D eigenvalue weighted by molar-refractivity contribution is 5.96. The molecule has 0 atom stereocenters. The normalized spacial score (nSPS) is 10.2. The maximum absolute atomic E-state index is 12.6. The molecule has 0 aliphatic carbocycles. The van der Waals surface area contributed by atoms with Crippen molar-refractivity contribution in [1.82, 2.24) is 0 Å². The lowest BCUT2D eigenvalue weighted by Crippen LogP contribution is -2.36. The van der Waals surface area contributed by atoms with E-state index >= 15 is 0 Å². The van der Waals surface area contributed by atoms with E-state index in [4.69, 9.17) is 4.74 Å². The highest BCUT2D eigenvalue weighted by atomic mass is 16.5. The van der Waals surface area contributed by atoms with Gasteiger partial charge in [-0.25, -0.2) is 0 Å². The Morgan fingerprint density at radius 2 is 1.52 bits per heavy atom. The molecule has 0 fully saturated rings. The van der Waals surface area contributed by atoms with Crippen LogP contribution in [0.25, 0.3) is 0 Å². The largest absolute Gasteiger partial charge is 0.497 e. The Labute approximate surface area is 148 Å². The summed E-state index contributed by atoms with van der Waals surface area (Å²) in [6, 6.07) is 16.8. The van der Waals surface area contributed by atoms with Crippen LogP contribution in [-0.2, 0) is 9.59 Å². The summed E-state index contributed by atoms with van der Waals surface area (Å²) in [5.41, 5.74) is 1.62. The summed E-state index contributed by atoms with van der Waals surface area (Å²) in [5.74, 6) is 0.624. The van der Waals surface area contributed by atoms with Crippen LogP contribution >= 0.6 is 0 Å². The van der Waals surface area contributed by atoms with Crippen LogP contribution in [0.4, 0.5) is 11.4 Å². The highest BCUT2D eigenvalue weighted by Gasteiger charge is 2.17. The molecule has 132 valence electrons. The SMILES string of the molecule is CCN(C(=O)CCN(C(C)=O)c1ccc(OC)cc1)c1ccccc1. The van der Waals surface area contributed by atoms with Crippen LogP contribution in [0.3, 0.4) is 0 Å². The van der Waals surface area contributed by atoms with Gasteiger partial charge in [0.15, 0.2) is 0 Å². The third-order valence-corrected chi connectivity index (χ3v) is 4.00. The van der Waals surface area contributed by atoms with Gasteiger partial charge in [0.2, 0.25) is 11.8 Å². The molecule has 0 heterocycles. The Hall–Kier alpha value is -2.82. The van der Waals surface area contributed by atoms with E-state index in [1.807, 2.05) is 49.4 Å². The monoisotopic (exact) mass is 340 g/mol. The molecule has 0 unspecified atom stereocenters. The van der Waals surface area contributed by atoms with Gasteiger partial charge in [-0.15, -0.1) is 0 Å². The fourth-order valence-electron chi connectivity index (χ4n) is 2.68. The molecule has 5 nitrogen and oxygen atoms in total.